The van der Waals surface area contributed by atoms with Gasteiger partial charge < -0.3 is 15.2 Å². The number of carbonyl (C=O) groups is 1. The molecule has 2 N–H and O–H groups in total. The highest BCUT2D eigenvalue weighted by Crippen LogP contribution is 2.39. The molecule has 0 aliphatic carbocycles. The summed E-state index contributed by atoms with van der Waals surface area (Å²) in [7, 11) is 0. The third-order valence-electron chi connectivity index (χ3n) is 6.06. The topological polar surface area (TPSA) is 48.1 Å². The summed E-state index contributed by atoms with van der Waals surface area (Å²) >= 11 is 0. The molecule has 1 aliphatic rings. The van der Waals surface area contributed by atoms with Crippen LogP contribution in [-0.2, 0) is 13.0 Å². The number of urea groups is 1. The average molecular weight is 413 g/mol. The zero-order valence-electron chi connectivity index (χ0n) is 17.4. The molecular formula is C26H24FN3O. The molecule has 0 fully saturated rings. The number of fused-ring (bicyclic) bond motifs is 3. The van der Waals surface area contributed by atoms with Gasteiger partial charge in [-0.15, -0.1) is 0 Å². The second-order valence-electron chi connectivity index (χ2n) is 8.07. The van der Waals surface area contributed by atoms with Crippen LogP contribution in [0.1, 0.15) is 34.0 Å². The van der Waals surface area contributed by atoms with E-state index in [4.69, 9.17) is 0 Å². The first-order valence-corrected chi connectivity index (χ1v) is 10.6. The van der Waals surface area contributed by atoms with Crippen LogP contribution in [0.15, 0.2) is 72.8 Å². The zero-order chi connectivity index (χ0) is 21.4. The van der Waals surface area contributed by atoms with Gasteiger partial charge in [-0.1, -0.05) is 66.2 Å². The fourth-order valence-corrected chi connectivity index (χ4v) is 4.47. The molecule has 1 atom stereocenters. The maximum absolute atomic E-state index is 14.9. The number of para-hydroxylation sites is 1. The number of nitrogens with zero attached hydrogens (tertiary/aromatic N) is 1. The summed E-state index contributed by atoms with van der Waals surface area (Å²) in [5.74, 6) is -0.310. The lowest BCUT2D eigenvalue weighted by atomic mass is 9.92. The highest BCUT2D eigenvalue weighted by atomic mass is 19.1. The number of aromatic nitrogens is 1. The molecule has 1 aromatic heterocycles. The second kappa shape index (κ2) is 7.91. The first-order chi connectivity index (χ1) is 15.1. The summed E-state index contributed by atoms with van der Waals surface area (Å²) in [6.45, 7) is 2.99. The Labute approximate surface area is 180 Å². The van der Waals surface area contributed by atoms with Crippen LogP contribution < -0.4 is 5.32 Å². The fourth-order valence-electron chi connectivity index (χ4n) is 4.47. The number of rotatable bonds is 3. The molecule has 5 heteroatoms. The van der Waals surface area contributed by atoms with Gasteiger partial charge in [0.05, 0.1) is 0 Å². The van der Waals surface area contributed by atoms with Crippen LogP contribution >= 0.6 is 0 Å². The van der Waals surface area contributed by atoms with Gasteiger partial charge in [0.15, 0.2) is 0 Å². The first-order valence-electron chi connectivity index (χ1n) is 10.6. The van der Waals surface area contributed by atoms with E-state index in [1.54, 1.807) is 17.0 Å². The molecule has 2 amide bonds. The Kier molecular flexibility index (Phi) is 4.94. The molecule has 5 rings (SSSR count). The minimum Gasteiger partial charge on any atom is -0.356 e. The van der Waals surface area contributed by atoms with Crippen LogP contribution in [0, 0.1) is 12.7 Å². The Morgan fingerprint density at radius 1 is 1.06 bits per heavy atom. The molecule has 3 aromatic carbocycles. The molecule has 2 heterocycles. The highest BCUT2D eigenvalue weighted by molar-refractivity contribution is 5.86. The number of benzene rings is 3. The van der Waals surface area contributed by atoms with Gasteiger partial charge in [-0.25, -0.2) is 9.18 Å². The molecule has 0 spiro atoms. The van der Waals surface area contributed by atoms with E-state index in [1.807, 2.05) is 55.5 Å². The Morgan fingerprint density at radius 3 is 2.61 bits per heavy atom. The summed E-state index contributed by atoms with van der Waals surface area (Å²) in [5.41, 5.74) is 5.77. The average Bonchev–Trinajstić information content (AvgIpc) is 3.17. The summed E-state index contributed by atoms with van der Waals surface area (Å²) in [6.07, 6.45) is 0.724. The minimum atomic E-state index is -0.504. The molecule has 1 aliphatic heterocycles. The van der Waals surface area contributed by atoms with Crippen molar-refractivity contribution in [2.24, 2.45) is 0 Å². The van der Waals surface area contributed by atoms with E-state index in [2.05, 4.69) is 16.4 Å². The van der Waals surface area contributed by atoms with Crippen LogP contribution in [0.25, 0.3) is 10.9 Å². The molecule has 0 bridgehead atoms. The number of amides is 2. The third kappa shape index (κ3) is 3.56. The van der Waals surface area contributed by atoms with E-state index in [0.29, 0.717) is 18.7 Å². The van der Waals surface area contributed by atoms with Crippen LogP contribution in [0.3, 0.4) is 0 Å². The number of aromatic amines is 1. The molecule has 4 nitrogen and oxygen atoms in total. The molecule has 31 heavy (non-hydrogen) atoms. The highest BCUT2D eigenvalue weighted by Gasteiger charge is 2.35. The predicted molar refractivity (Wildman–Crippen MR) is 120 cm³/mol. The van der Waals surface area contributed by atoms with Gasteiger partial charge in [0, 0.05) is 35.2 Å². The maximum atomic E-state index is 14.9. The fraction of sp³-hybridized carbons (Fsp3) is 0.192. The number of hydrogen-bond acceptors (Lipinski definition) is 1. The summed E-state index contributed by atoms with van der Waals surface area (Å²) in [4.78, 5) is 18.4. The monoisotopic (exact) mass is 413 g/mol. The normalized spacial score (nSPS) is 15.7. The number of nitrogens with one attached hydrogen (secondary N) is 2. The van der Waals surface area contributed by atoms with Gasteiger partial charge in [-0.3, -0.25) is 0 Å². The van der Waals surface area contributed by atoms with Gasteiger partial charge in [0.2, 0.25) is 0 Å². The van der Waals surface area contributed by atoms with E-state index in [-0.39, 0.29) is 11.8 Å². The van der Waals surface area contributed by atoms with E-state index in [9.17, 15) is 9.18 Å². The SMILES string of the molecule is Cc1ccc(CNC(=O)N2CCc3c([nH]c4ccccc34)C2c2ccccc2F)cc1. The maximum Gasteiger partial charge on any atom is 0.318 e. The van der Waals surface area contributed by atoms with Crippen molar-refractivity contribution in [2.75, 3.05) is 6.54 Å². The Balaban J connectivity index is 1.51. The van der Waals surface area contributed by atoms with E-state index >= 15 is 0 Å². The Hall–Kier alpha value is -3.60. The summed E-state index contributed by atoms with van der Waals surface area (Å²) in [6, 6.07) is 22.2. The van der Waals surface area contributed by atoms with Crippen LogP contribution in [0.4, 0.5) is 9.18 Å². The molecule has 0 saturated carbocycles. The lowest BCUT2D eigenvalue weighted by Crippen LogP contribution is -2.46. The summed E-state index contributed by atoms with van der Waals surface area (Å²) in [5, 5.41) is 4.16. The van der Waals surface area contributed by atoms with Crippen molar-refractivity contribution >= 4 is 16.9 Å². The van der Waals surface area contributed by atoms with Crippen LogP contribution in [-0.4, -0.2) is 22.5 Å². The van der Waals surface area contributed by atoms with Gasteiger partial charge in [0.25, 0.3) is 0 Å². The van der Waals surface area contributed by atoms with Crippen LogP contribution in [0.5, 0.6) is 0 Å². The smallest absolute Gasteiger partial charge is 0.318 e. The lowest BCUT2D eigenvalue weighted by Gasteiger charge is -2.36. The Bertz CT molecular complexity index is 1250. The number of hydrogen-bond donors (Lipinski definition) is 2. The van der Waals surface area contributed by atoms with Crippen LogP contribution in [0.2, 0.25) is 0 Å². The quantitative estimate of drug-likeness (QED) is 0.460. The molecule has 4 aromatic rings. The first kappa shape index (κ1) is 19.4. The predicted octanol–water partition coefficient (Wildman–Crippen LogP) is 5.47. The number of carbonyl (C=O) groups excluding carboxylic acids is 1. The molecule has 1 unspecified atom stereocenters. The molecule has 156 valence electrons. The second-order valence-corrected chi connectivity index (χ2v) is 8.07. The van der Waals surface area contributed by atoms with Crippen molar-refractivity contribution in [3.05, 3.63) is 107 Å². The van der Waals surface area contributed by atoms with Gasteiger partial charge in [-0.2, -0.15) is 0 Å². The van der Waals surface area contributed by atoms with E-state index in [1.165, 1.54) is 11.6 Å². The third-order valence-corrected chi connectivity index (χ3v) is 6.06. The minimum absolute atomic E-state index is 0.196. The zero-order valence-corrected chi connectivity index (χ0v) is 17.4. The number of aryl methyl sites for hydroxylation is 1. The number of halogens is 1. The van der Waals surface area contributed by atoms with Crippen molar-refractivity contribution in [1.82, 2.24) is 15.2 Å². The largest absolute Gasteiger partial charge is 0.356 e. The molecular weight excluding hydrogens is 389 g/mol. The standard InChI is InChI=1S/C26H24FN3O/c1-17-10-12-18(13-11-17)16-28-26(31)30-15-14-20-19-6-3-5-9-23(19)29-24(20)25(30)21-7-2-4-8-22(21)27/h2-13,25,29H,14-16H2,1H3,(H,28,31). The summed E-state index contributed by atoms with van der Waals surface area (Å²) < 4.78 is 14.9. The van der Waals surface area contributed by atoms with E-state index in [0.717, 1.165) is 34.1 Å². The van der Waals surface area contributed by atoms with Gasteiger partial charge >= 0.3 is 6.03 Å². The molecule has 0 saturated heterocycles. The van der Waals surface area contributed by atoms with Crippen molar-refractivity contribution in [3.63, 3.8) is 0 Å². The van der Waals surface area contributed by atoms with Crippen molar-refractivity contribution < 1.29 is 9.18 Å². The van der Waals surface area contributed by atoms with Gasteiger partial charge in [0.1, 0.15) is 11.9 Å². The van der Waals surface area contributed by atoms with Crippen molar-refractivity contribution in [2.45, 2.75) is 25.9 Å². The molecule has 0 radical (unpaired) electrons. The Morgan fingerprint density at radius 2 is 1.81 bits per heavy atom. The number of H-pyrrole nitrogens is 1. The van der Waals surface area contributed by atoms with E-state index < -0.39 is 6.04 Å². The lowest BCUT2D eigenvalue weighted by molar-refractivity contribution is 0.177. The van der Waals surface area contributed by atoms with Gasteiger partial charge in [-0.05, 0) is 36.6 Å². The van der Waals surface area contributed by atoms with Crippen molar-refractivity contribution in [1.29, 1.82) is 0 Å². The van der Waals surface area contributed by atoms with Crippen molar-refractivity contribution in [3.8, 4) is 0 Å².